The van der Waals surface area contributed by atoms with Gasteiger partial charge in [0.1, 0.15) is 11.8 Å². The van der Waals surface area contributed by atoms with Crippen molar-refractivity contribution in [3.63, 3.8) is 0 Å². The quantitative estimate of drug-likeness (QED) is 0.801. The number of nitriles is 1. The van der Waals surface area contributed by atoms with Gasteiger partial charge in [-0.2, -0.15) is 10.2 Å². The molecule has 2 aromatic heterocycles. The minimum absolute atomic E-state index is 0.379. The van der Waals surface area contributed by atoms with Gasteiger partial charge in [-0.05, 0) is 17.7 Å². The summed E-state index contributed by atoms with van der Waals surface area (Å²) in [5.74, 6) is 0.928. The van der Waals surface area contributed by atoms with Crippen LogP contribution < -0.4 is 0 Å². The molecule has 0 amide bonds. The van der Waals surface area contributed by atoms with E-state index in [-0.39, 0.29) is 0 Å². The first-order chi connectivity index (χ1) is 9.76. The van der Waals surface area contributed by atoms with Gasteiger partial charge in [-0.1, -0.05) is 35.0 Å². The van der Waals surface area contributed by atoms with E-state index in [4.69, 9.17) is 21.4 Å². The van der Waals surface area contributed by atoms with Crippen molar-refractivity contribution >= 4 is 11.6 Å². The monoisotopic (exact) mass is 284 g/mol. The van der Waals surface area contributed by atoms with E-state index in [0.29, 0.717) is 34.4 Å². The van der Waals surface area contributed by atoms with Crippen molar-refractivity contribution in [2.75, 3.05) is 0 Å². The first kappa shape index (κ1) is 12.5. The van der Waals surface area contributed by atoms with Crippen LogP contribution in [0.2, 0.25) is 5.02 Å². The van der Waals surface area contributed by atoms with Crippen molar-refractivity contribution in [3.05, 3.63) is 58.6 Å². The highest BCUT2D eigenvalue weighted by molar-refractivity contribution is 6.31. The third-order valence-corrected chi connectivity index (χ3v) is 3.19. The molecule has 98 valence electrons. The molecule has 3 rings (SSSR count). The highest BCUT2D eigenvalue weighted by Crippen LogP contribution is 2.21. The van der Waals surface area contributed by atoms with Crippen molar-refractivity contribution in [2.24, 2.45) is 0 Å². The van der Waals surface area contributed by atoms with Crippen LogP contribution in [0.1, 0.15) is 17.1 Å². The molecule has 0 aliphatic heterocycles. The maximum absolute atomic E-state index is 8.77. The van der Waals surface area contributed by atoms with Crippen LogP contribution in [0.25, 0.3) is 11.5 Å². The van der Waals surface area contributed by atoms with Crippen molar-refractivity contribution in [3.8, 4) is 17.5 Å². The highest BCUT2D eigenvalue weighted by Gasteiger charge is 2.12. The first-order valence-electron chi connectivity index (χ1n) is 5.91. The zero-order chi connectivity index (χ0) is 13.9. The summed E-state index contributed by atoms with van der Waals surface area (Å²) in [6, 6.07) is 11.2. The largest absolute Gasteiger partial charge is 0.352 e. The van der Waals surface area contributed by atoms with E-state index in [2.05, 4.69) is 15.1 Å². The van der Waals surface area contributed by atoms with E-state index in [0.717, 1.165) is 5.56 Å². The molecule has 5 nitrogen and oxygen atoms in total. The van der Waals surface area contributed by atoms with Crippen LogP contribution in [-0.4, -0.2) is 15.1 Å². The SMILES string of the molecule is N#Cc1cc(-c2nc(Cc3ccccc3Cl)no2)c[nH]1. The third kappa shape index (κ3) is 2.42. The zero-order valence-electron chi connectivity index (χ0n) is 10.3. The Kier molecular flexibility index (Phi) is 3.23. The average Bonchev–Trinajstić information content (AvgIpc) is 3.10. The maximum atomic E-state index is 8.77. The van der Waals surface area contributed by atoms with Crippen molar-refractivity contribution in [1.82, 2.24) is 15.1 Å². The molecule has 1 N–H and O–H groups in total. The lowest BCUT2D eigenvalue weighted by molar-refractivity contribution is 0.424. The second-order valence-electron chi connectivity index (χ2n) is 4.20. The summed E-state index contributed by atoms with van der Waals surface area (Å²) in [5, 5.41) is 13.4. The highest BCUT2D eigenvalue weighted by atomic mass is 35.5. The Bertz CT molecular complexity index is 784. The van der Waals surface area contributed by atoms with Gasteiger partial charge in [0.15, 0.2) is 5.82 Å². The van der Waals surface area contributed by atoms with E-state index in [1.54, 1.807) is 12.3 Å². The third-order valence-electron chi connectivity index (χ3n) is 2.82. The molecule has 0 atom stereocenters. The Morgan fingerprint density at radius 2 is 2.20 bits per heavy atom. The van der Waals surface area contributed by atoms with Gasteiger partial charge in [-0.15, -0.1) is 0 Å². The second-order valence-corrected chi connectivity index (χ2v) is 4.60. The molecule has 20 heavy (non-hydrogen) atoms. The molecule has 3 aromatic rings. The summed E-state index contributed by atoms with van der Waals surface area (Å²) < 4.78 is 5.19. The molecule has 0 aliphatic rings. The number of aromatic nitrogens is 3. The minimum Gasteiger partial charge on any atom is -0.352 e. The van der Waals surface area contributed by atoms with Gasteiger partial charge in [0.2, 0.25) is 0 Å². The molecule has 0 fully saturated rings. The van der Waals surface area contributed by atoms with Crippen molar-refractivity contribution in [2.45, 2.75) is 6.42 Å². The number of H-pyrrole nitrogens is 1. The summed E-state index contributed by atoms with van der Waals surface area (Å²) >= 11 is 6.09. The molecule has 0 radical (unpaired) electrons. The Morgan fingerprint density at radius 3 is 2.95 bits per heavy atom. The lowest BCUT2D eigenvalue weighted by Crippen LogP contribution is -1.91. The summed E-state index contributed by atoms with van der Waals surface area (Å²) in [5.41, 5.74) is 2.08. The van der Waals surface area contributed by atoms with E-state index < -0.39 is 0 Å². The number of hydrogen-bond acceptors (Lipinski definition) is 4. The van der Waals surface area contributed by atoms with Crippen LogP contribution in [0.4, 0.5) is 0 Å². The van der Waals surface area contributed by atoms with E-state index in [1.807, 2.05) is 30.3 Å². The predicted octanol–water partition coefficient (Wildman–Crippen LogP) is 3.18. The molecular formula is C14H9ClN4O. The van der Waals surface area contributed by atoms with Gasteiger partial charge in [0.25, 0.3) is 5.89 Å². The fourth-order valence-electron chi connectivity index (χ4n) is 1.84. The summed E-state index contributed by atoms with van der Waals surface area (Å²) in [6.07, 6.45) is 2.16. The number of hydrogen-bond donors (Lipinski definition) is 1. The first-order valence-corrected chi connectivity index (χ1v) is 6.29. The molecule has 0 saturated carbocycles. The minimum atomic E-state index is 0.379. The molecule has 0 aliphatic carbocycles. The lowest BCUT2D eigenvalue weighted by Gasteiger charge is -1.98. The normalized spacial score (nSPS) is 10.4. The Morgan fingerprint density at radius 1 is 1.35 bits per heavy atom. The van der Waals surface area contributed by atoms with Crippen LogP contribution in [0.3, 0.4) is 0 Å². The molecule has 0 unspecified atom stereocenters. The predicted molar refractivity (Wildman–Crippen MR) is 73.1 cm³/mol. The van der Waals surface area contributed by atoms with E-state index >= 15 is 0 Å². The number of halogens is 1. The summed E-state index contributed by atoms with van der Waals surface area (Å²) in [6.45, 7) is 0. The topological polar surface area (TPSA) is 78.5 Å². The zero-order valence-corrected chi connectivity index (χ0v) is 11.1. The van der Waals surface area contributed by atoms with Gasteiger partial charge >= 0.3 is 0 Å². The van der Waals surface area contributed by atoms with Crippen molar-refractivity contribution < 1.29 is 4.52 Å². The van der Waals surface area contributed by atoms with Gasteiger partial charge < -0.3 is 9.51 Å². The molecule has 6 heteroatoms. The second kappa shape index (κ2) is 5.19. The van der Waals surface area contributed by atoms with Crippen LogP contribution in [0.15, 0.2) is 41.1 Å². The molecule has 0 saturated heterocycles. The van der Waals surface area contributed by atoms with Gasteiger partial charge in [-0.25, -0.2) is 0 Å². The number of benzene rings is 1. The molecule has 0 spiro atoms. The molecule has 0 bridgehead atoms. The van der Waals surface area contributed by atoms with E-state index in [9.17, 15) is 0 Å². The van der Waals surface area contributed by atoms with Gasteiger partial charge in [0, 0.05) is 17.6 Å². The summed E-state index contributed by atoms with van der Waals surface area (Å²) in [7, 11) is 0. The van der Waals surface area contributed by atoms with Crippen LogP contribution >= 0.6 is 11.6 Å². The van der Waals surface area contributed by atoms with Gasteiger partial charge in [-0.3, -0.25) is 0 Å². The Balaban J connectivity index is 1.84. The Hall–Kier alpha value is -2.58. The fourth-order valence-corrected chi connectivity index (χ4v) is 2.04. The number of nitrogens with one attached hydrogen (secondary N) is 1. The number of nitrogens with zero attached hydrogens (tertiary/aromatic N) is 3. The number of aromatic amines is 1. The smallest absolute Gasteiger partial charge is 0.259 e. The molecule has 1 aromatic carbocycles. The molecule has 2 heterocycles. The van der Waals surface area contributed by atoms with Crippen LogP contribution in [-0.2, 0) is 6.42 Å². The number of rotatable bonds is 3. The van der Waals surface area contributed by atoms with Gasteiger partial charge in [0.05, 0.1) is 5.56 Å². The molecular weight excluding hydrogens is 276 g/mol. The van der Waals surface area contributed by atoms with Crippen molar-refractivity contribution in [1.29, 1.82) is 5.26 Å². The van der Waals surface area contributed by atoms with E-state index in [1.165, 1.54) is 0 Å². The van der Waals surface area contributed by atoms with Crippen LogP contribution in [0.5, 0.6) is 0 Å². The summed E-state index contributed by atoms with van der Waals surface area (Å²) in [4.78, 5) is 7.11. The van der Waals surface area contributed by atoms with Crippen LogP contribution in [0, 0.1) is 11.3 Å². The standard InChI is InChI=1S/C14H9ClN4O/c15-12-4-2-1-3-9(12)6-13-18-14(20-19-13)10-5-11(7-16)17-8-10/h1-5,8,17H,6H2. The fraction of sp³-hybridized carbons (Fsp3) is 0.0714. The average molecular weight is 285 g/mol. The maximum Gasteiger partial charge on any atom is 0.259 e. The Labute approximate surface area is 119 Å². The lowest BCUT2D eigenvalue weighted by atomic mass is 10.1.